The molecule has 0 spiro atoms. The molecule has 7 nitrogen and oxygen atoms in total. The SMILES string of the molecule is COC(=O)/C=C/C(=O)OCCNC(=O)OCc1ccccc1. The first-order chi connectivity index (χ1) is 10.6. The van der Waals surface area contributed by atoms with E-state index in [1.807, 2.05) is 30.3 Å². The lowest BCUT2D eigenvalue weighted by molar-refractivity contribution is -0.139. The van der Waals surface area contributed by atoms with Crippen LogP contribution in [0.5, 0.6) is 0 Å². The maximum Gasteiger partial charge on any atom is 0.407 e. The number of carbonyl (C=O) groups is 3. The molecule has 0 unspecified atom stereocenters. The topological polar surface area (TPSA) is 90.9 Å². The van der Waals surface area contributed by atoms with Gasteiger partial charge in [0, 0.05) is 12.2 Å². The molecule has 1 N–H and O–H groups in total. The summed E-state index contributed by atoms with van der Waals surface area (Å²) >= 11 is 0. The number of alkyl carbamates (subject to hydrolysis) is 1. The highest BCUT2D eigenvalue weighted by atomic mass is 16.6. The summed E-state index contributed by atoms with van der Waals surface area (Å²) in [5.74, 6) is -1.36. The zero-order chi connectivity index (χ0) is 16.2. The number of hydrogen-bond donors (Lipinski definition) is 1. The number of rotatable bonds is 7. The van der Waals surface area contributed by atoms with Crippen LogP contribution >= 0.6 is 0 Å². The van der Waals surface area contributed by atoms with Crippen molar-refractivity contribution in [3.8, 4) is 0 Å². The molecule has 0 aliphatic rings. The van der Waals surface area contributed by atoms with Crippen LogP contribution in [0, 0.1) is 0 Å². The van der Waals surface area contributed by atoms with Crippen molar-refractivity contribution in [1.29, 1.82) is 0 Å². The summed E-state index contributed by atoms with van der Waals surface area (Å²) in [6, 6.07) is 9.23. The lowest BCUT2D eigenvalue weighted by Crippen LogP contribution is -2.28. The van der Waals surface area contributed by atoms with Gasteiger partial charge in [0.2, 0.25) is 0 Å². The molecule has 118 valence electrons. The molecule has 0 fully saturated rings. The standard InChI is InChI=1S/C15H17NO6/c1-20-13(17)7-8-14(18)21-10-9-16-15(19)22-11-12-5-3-2-4-6-12/h2-8H,9-11H2,1H3,(H,16,19)/b8-7+. The smallest absolute Gasteiger partial charge is 0.407 e. The van der Waals surface area contributed by atoms with Crippen molar-refractivity contribution < 1.29 is 28.6 Å². The molecule has 0 aliphatic carbocycles. The molecule has 1 aromatic rings. The third kappa shape index (κ3) is 7.68. The van der Waals surface area contributed by atoms with Gasteiger partial charge in [-0.15, -0.1) is 0 Å². The van der Waals surface area contributed by atoms with Crippen LogP contribution < -0.4 is 5.32 Å². The highest BCUT2D eigenvalue weighted by Crippen LogP contribution is 2.00. The molecule has 1 rings (SSSR count). The monoisotopic (exact) mass is 307 g/mol. The molecule has 0 saturated heterocycles. The van der Waals surface area contributed by atoms with E-state index in [-0.39, 0.29) is 19.8 Å². The Morgan fingerprint density at radius 1 is 1.05 bits per heavy atom. The Hall–Kier alpha value is -2.83. The third-order valence-corrected chi connectivity index (χ3v) is 2.39. The summed E-state index contributed by atoms with van der Waals surface area (Å²) < 4.78 is 14.0. The molecule has 0 bridgehead atoms. The minimum Gasteiger partial charge on any atom is -0.466 e. The van der Waals surface area contributed by atoms with E-state index in [1.165, 1.54) is 7.11 Å². The van der Waals surface area contributed by atoms with Gasteiger partial charge < -0.3 is 19.5 Å². The van der Waals surface area contributed by atoms with Crippen molar-refractivity contribution in [3.05, 3.63) is 48.0 Å². The first-order valence-corrected chi connectivity index (χ1v) is 6.49. The second-order valence-corrected chi connectivity index (χ2v) is 4.01. The van der Waals surface area contributed by atoms with Gasteiger partial charge in [0.05, 0.1) is 13.7 Å². The number of hydrogen-bond acceptors (Lipinski definition) is 6. The molecule has 1 amide bonds. The number of esters is 2. The highest BCUT2D eigenvalue weighted by Gasteiger charge is 2.03. The molecule has 0 aromatic heterocycles. The van der Waals surface area contributed by atoms with Crippen LogP contribution in [0.25, 0.3) is 0 Å². The van der Waals surface area contributed by atoms with Gasteiger partial charge in [0.25, 0.3) is 0 Å². The minimum absolute atomic E-state index is 0.0369. The summed E-state index contributed by atoms with van der Waals surface area (Å²) in [7, 11) is 1.20. The Balaban J connectivity index is 2.11. The van der Waals surface area contributed by atoms with Crippen molar-refractivity contribution in [2.75, 3.05) is 20.3 Å². The fourth-order valence-corrected chi connectivity index (χ4v) is 1.33. The summed E-state index contributed by atoms with van der Waals surface area (Å²) in [6.07, 6.45) is 1.29. The average molecular weight is 307 g/mol. The van der Waals surface area contributed by atoms with Gasteiger partial charge in [-0.3, -0.25) is 0 Å². The van der Waals surface area contributed by atoms with Crippen LogP contribution in [0.2, 0.25) is 0 Å². The molecule has 0 radical (unpaired) electrons. The zero-order valence-corrected chi connectivity index (χ0v) is 12.1. The maximum atomic E-state index is 11.4. The van der Waals surface area contributed by atoms with E-state index in [0.29, 0.717) is 0 Å². The normalized spacial score (nSPS) is 10.0. The quantitative estimate of drug-likeness (QED) is 0.352. The van der Waals surface area contributed by atoms with Crippen molar-refractivity contribution >= 4 is 18.0 Å². The molecular weight excluding hydrogens is 290 g/mol. The number of methoxy groups -OCH3 is 1. The largest absolute Gasteiger partial charge is 0.466 e. The summed E-state index contributed by atoms with van der Waals surface area (Å²) in [5, 5.41) is 2.43. The lowest BCUT2D eigenvalue weighted by atomic mass is 10.2. The molecular formula is C15H17NO6. The van der Waals surface area contributed by atoms with E-state index in [1.54, 1.807) is 0 Å². The molecule has 0 atom stereocenters. The van der Waals surface area contributed by atoms with E-state index >= 15 is 0 Å². The molecule has 1 aromatic carbocycles. The van der Waals surface area contributed by atoms with Crippen molar-refractivity contribution in [3.63, 3.8) is 0 Å². The van der Waals surface area contributed by atoms with Crippen LogP contribution in [0.15, 0.2) is 42.5 Å². The van der Waals surface area contributed by atoms with Gasteiger partial charge in [-0.2, -0.15) is 0 Å². The van der Waals surface area contributed by atoms with Gasteiger partial charge in [-0.05, 0) is 5.56 Å². The number of amides is 1. The zero-order valence-electron chi connectivity index (χ0n) is 12.1. The third-order valence-electron chi connectivity index (χ3n) is 2.39. The van der Waals surface area contributed by atoms with Crippen LogP contribution in [0.1, 0.15) is 5.56 Å². The molecule has 0 aliphatic heterocycles. The number of carbonyl (C=O) groups excluding carboxylic acids is 3. The first-order valence-electron chi connectivity index (χ1n) is 6.49. The molecule has 0 heterocycles. The van der Waals surface area contributed by atoms with Crippen LogP contribution in [-0.2, 0) is 30.4 Å². The second kappa shape index (κ2) is 9.98. The summed E-state index contributed by atoms with van der Waals surface area (Å²) in [5.41, 5.74) is 0.872. The lowest BCUT2D eigenvalue weighted by Gasteiger charge is -2.07. The molecule has 22 heavy (non-hydrogen) atoms. The number of ether oxygens (including phenoxy) is 3. The van der Waals surface area contributed by atoms with Crippen LogP contribution in [0.4, 0.5) is 4.79 Å². The number of nitrogens with one attached hydrogen (secondary N) is 1. The Morgan fingerprint density at radius 3 is 2.41 bits per heavy atom. The predicted molar refractivity (Wildman–Crippen MR) is 76.7 cm³/mol. The summed E-state index contributed by atoms with van der Waals surface area (Å²) in [6.45, 7) is 0.227. The van der Waals surface area contributed by atoms with E-state index in [4.69, 9.17) is 9.47 Å². The van der Waals surface area contributed by atoms with Gasteiger partial charge in [0.15, 0.2) is 0 Å². The van der Waals surface area contributed by atoms with E-state index in [0.717, 1.165) is 17.7 Å². The Labute approximate surface area is 127 Å². The maximum absolute atomic E-state index is 11.4. The highest BCUT2D eigenvalue weighted by molar-refractivity contribution is 5.91. The van der Waals surface area contributed by atoms with Crippen LogP contribution in [0.3, 0.4) is 0 Å². The van der Waals surface area contributed by atoms with Crippen molar-refractivity contribution in [2.45, 2.75) is 6.61 Å². The fourth-order valence-electron chi connectivity index (χ4n) is 1.33. The Kier molecular flexibility index (Phi) is 7.81. The van der Waals surface area contributed by atoms with Gasteiger partial charge in [0.1, 0.15) is 13.2 Å². The average Bonchev–Trinajstić information content (AvgIpc) is 2.55. The van der Waals surface area contributed by atoms with E-state index in [2.05, 4.69) is 10.1 Å². The molecule has 7 heteroatoms. The number of benzene rings is 1. The molecule has 0 saturated carbocycles. The minimum atomic E-state index is -0.704. The van der Waals surface area contributed by atoms with E-state index < -0.39 is 18.0 Å². The van der Waals surface area contributed by atoms with Crippen molar-refractivity contribution in [2.24, 2.45) is 0 Å². The van der Waals surface area contributed by atoms with Gasteiger partial charge in [-0.25, -0.2) is 14.4 Å². The first kappa shape index (κ1) is 17.2. The fraction of sp³-hybridized carbons (Fsp3) is 0.267. The van der Waals surface area contributed by atoms with E-state index in [9.17, 15) is 14.4 Å². The second-order valence-electron chi connectivity index (χ2n) is 4.01. The van der Waals surface area contributed by atoms with Crippen molar-refractivity contribution in [1.82, 2.24) is 5.32 Å². The Bertz CT molecular complexity index is 526. The van der Waals surface area contributed by atoms with Crippen LogP contribution in [-0.4, -0.2) is 38.3 Å². The Morgan fingerprint density at radius 2 is 1.73 bits per heavy atom. The van der Waals surface area contributed by atoms with Gasteiger partial charge >= 0.3 is 18.0 Å². The van der Waals surface area contributed by atoms with Gasteiger partial charge in [-0.1, -0.05) is 30.3 Å². The predicted octanol–water partition coefficient (Wildman–Crippen LogP) is 1.19. The summed E-state index contributed by atoms with van der Waals surface area (Å²) in [4.78, 5) is 33.3.